The van der Waals surface area contributed by atoms with Gasteiger partial charge in [-0.25, -0.2) is 9.97 Å². The SMILES string of the molecule is CCCc1nc2c(C)cc(CCC(C)O)nc2n1C1CCc2cc(-c3ccccc3-c3nn[nH]n3)ccc21. The van der Waals surface area contributed by atoms with Gasteiger partial charge in [0.05, 0.1) is 12.1 Å². The molecule has 1 aliphatic carbocycles. The first-order valence-electron chi connectivity index (χ1n) is 13.5. The maximum Gasteiger partial charge on any atom is 0.205 e. The Morgan fingerprint density at radius 2 is 1.92 bits per heavy atom. The van der Waals surface area contributed by atoms with E-state index in [1.165, 1.54) is 11.1 Å². The van der Waals surface area contributed by atoms with E-state index >= 15 is 0 Å². The summed E-state index contributed by atoms with van der Waals surface area (Å²) >= 11 is 0. The fraction of sp³-hybridized carbons (Fsp3) is 0.367. The molecule has 3 aromatic heterocycles. The number of pyridine rings is 1. The second-order valence-corrected chi connectivity index (χ2v) is 10.4. The van der Waals surface area contributed by atoms with E-state index in [9.17, 15) is 5.11 Å². The monoisotopic (exact) mass is 507 g/mol. The Balaban J connectivity index is 1.42. The molecule has 5 aromatic rings. The molecule has 0 bridgehead atoms. The molecule has 8 nitrogen and oxygen atoms in total. The van der Waals surface area contributed by atoms with Crippen molar-refractivity contribution in [1.82, 2.24) is 35.2 Å². The highest BCUT2D eigenvalue weighted by molar-refractivity contribution is 5.81. The highest BCUT2D eigenvalue weighted by Gasteiger charge is 2.29. The Hall–Kier alpha value is -3.91. The Labute approximate surface area is 222 Å². The van der Waals surface area contributed by atoms with Crippen LogP contribution in [0.1, 0.15) is 67.4 Å². The zero-order chi connectivity index (χ0) is 26.2. The van der Waals surface area contributed by atoms with Crippen molar-refractivity contribution < 1.29 is 5.11 Å². The lowest BCUT2D eigenvalue weighted by atomic mass is 9.96. The van der Waals surface area contributed by atoms with Crippen molar-refractivity contribution in [3.05, 3.63) is 76.7 Å². The lowest BCUT2D eigenvalue weighted by Crippen LogP contribution is -2.12. The van der Waals surface area contributed by atoms with Crippen molar-refractivity contribution in [1.29, 1.82) is 0 Å². The molecule has 1 aliphatic rings. The summed E-state index contributed by atoms with van der Waals surface area (Å²) in [4.78, 5) is 10.2. The van der Waals surface area contributed by atoms with Crippen molar-refractivity contribution in [2.45, 2.75) is 71.4 Å². The zero-order valence-electron chi connectivity index (χ0n) is 22.1. The Kier molecular flexibility index (Phi) is 6.49. The summed E-state index contributed by atoms with van der Waals surface area (Å²) in [5, 5.41) is 24.5. The highest BCUT2D eigenvalue weighted by Crippen LogP contribution is 2.40. The van der Waals surface area contributed by atoms with Gasteiger partial charge in [0.1, 0.15) is 11.3 Å². The van der Waals surface area contributed by atoms with Gasteiger partial charge in [0.25, 0.3) is 0 Å². The van der Waals surface area contributed by atoms with Gasteiger partial charge in [-0.2, -0.15) is 5.21 Å². The first-order chi connectivity index (χ1) is 18.5. The van der Waals surface area contributed by atoms with Crippen molar-refractivity contribution in [3.63, 3.8) is 0 Å². The van der Waals surface area contributed by atoms with Crippen LogP contribution >= 0.6 is 0 Å². The van der Waals surface area contributed by atoms with E-state index in [4.69, 9.17) is 9.97 Å². The Bertz CT molecular complexity index is 1590. The van der Waals surface area contributed by atoms with Crippen molar-refractivity contribution in [2.24, 2.45) is 0 Å². The molecule has 0 amide bonds. The van der Waals surface area contributed by atoms with Crippen LogP contribution in [-0.2, 0) is 19.3 Å². The van der Waals surface area contributed by atoms with E-state index in [0.717, 1.165) is 77.0 Å². The summed E-state index contributed by atoms with van der Waals surface area (Å²) in [6.45, 7) is 6.16. The van der Waals surface area contributed by atoms with E-state index in [0.29, 0.717) is 12.2 Å². The number of rotatable bonds is 8. The Morgan fingerprint density at radius 3 is 2.68 bits per heavy atom. The molecule has 2 atom stereocenters. The van der Waals surface area contributed by atoms with E-state index in [2.05, 4.69) is 69.4 Å². The second-order valence-electron chi connectivity index (χ2n) is 10.4. The molecule has 0 radical (unpaired) electrons. The average Bonchev–Trinajstić information content (AvgIpc) is 3.66. The smallest absolute Gasteiger partial charge is 0.205 e. The first kappa shape index (κ1) is 24.4. The number of hydrogen-bond donors (Lipinski definition) is 2. The molecule has 194 valence electrons. The summed E-state index contributed by atoms with van der Waals surface area (Å²) in [6, 6.07) is 17.3. The van der Waals surface area contributed by atoms with Gasteiger partial charge in [-0.3, -0.25) is 0 Å². The number of nitrogens with zero attached hydrogens (tertiary/aromatic N) is 6. The van der Waals surface area contributed by atoms with Gasteiger partial charge in [-0.05, 0) is 85.0 Å². The predicted molar refractivity (Wildman–Crippen MR) is 148 cm³/mol. The van der Waals surface area contributed by atoms with Gasteiger partial charge in [-0.1, -0.05) is 49.4 Å². The molecule has 38 heavy (non-hydrogen) atoms. The van der Waals surface area contributed by atoms with Crippen LogP contribution in [0.2, 0.25) is 0 Å². The van der Waals surface area contributed by atoms with Crippen LogP contribution in [0.15, 0.2) is 48.5 Å². The number of nitrogens with one attached hydrogen (secondary N) is 1. The maximum atomic E-state index is 9.83. The van der Waals surface area contributed by atoms with Crippen LogP contribution in [0, 0.1) is 6.92 Å². The maximum absolute atomic E-state index is 9.83. The van der Waals surface area contributed by atoms with Gasteiger partial charge in [0.15, 0.2) is 5.65 Å². The molecule has 0 aliphatic heterocycles. The molecule has 0 saturated carbocycles. The lowest BCUT2D eigenvalue weighted by Gasteiger charge is -2.18. The zero-order valence-corrected chi connectivity index (χ0v) is 22.1. The van der Waals surface area contributed by atoms with Gasteiger partial charge < -0.3 is 9.67 Å². The molecule has 6 rings (SSSR count). The summed E-state index contributed by atoms with van der Waals surface area (Å²) in [7, 11) is 0. The minimum Gasteiger partial charge on any atom is -0.393 e. The van der Waals surface area contributed by atoms with Gasteiger partial charge in [-0.15, -0.1) is 10.2 Å². The minimum absolute atomic E-state index is 0.206. The molecule has 2 unspecified atom stereocenters. The third kappa shape index (κ3) is 4.39. The number of fused-ring (bicyclic) bond motifs is 2. The van der Waals surface area contributed by atoms with Crippen molar-refractivity contribution in [2.75, 3.05) is 0 Å². The van der Waals surface area contributed by atoms with Gasteiger partial charge in [0.2, 0.25) is 5.82 Å². The van der Waals surface area contributed by atoms with Gasteiger partial charge >= 0.3 is 0 Å². The van der Waals surface area contributed by atoms with Crippen LogP contribution in [-0.4, -0.2) is 46.4 Å². The quantitative estimate of drug-likeness (QED) is 0.292. The summed E-state index contributed by atoms with van der Waals surface area (Å²) in [6.07, 6.45) is 5.09. The molecular weight excluding hydrogens is 474 g/mol. The first-order valence-corrected chi connectivity index (χ1v) is 13.5. The number of aliphatic hydroxyl groups excluding tert-OH is 1. The second kappa shape index (κ2) is 10.1. The number of tetrazole rings is 1. The summed E-state index contributed by atoms with van der Waals surface area (Å²) < 4.78 is 2.40. The number of imidazole rings is 1. The van der Waals surface area contributed by atoms with Crippen molar-refractivity contribution >= 4 is 11.2 Å². The normalized spacial score (nSPS) is 15.7. The highest BCUT2D eigenvalue weighted by atomic mass is 16.3. The Morgan fingerprint density at radius 1 is 1.08 bits per heavy atom. The molecule has 8 heteroatoms. The van der Waals surface area contributed by atoms with Crippen LogP contribution in [0.4, 0.5) is 0 Å². The van der Waals surface area contributed by atoms with Gasteiger partial charge in [0, 0.05) is 17.7 Å². The predicted octanol–water partition coefficient (Wildman–Crippen LogP) is 5.39. The molecular formula is C30H33N7O. The number of aryl methyl sites for hydroxylation is 4. The minimum atomic E-state index is -0.338. The van der Waals surface area contributed by atoms with Crippen LogP contribution in [0.3, 0.4) is 0 Å². The fourth-order valence-corrected chi connectivity index (χ4v) is 5.78. The number of hydrogen-bond acceptors (Lipinski definition) is 6. The van der Waals surface area contributed by atoms with Crippen LogP contribution in [0.5, 0.6) is 0 Å². The average molecular weight is 508 g/mol. The molecule has 0 fully saturated rings. The largest absolute Gasteiger partial charge is 0.393 e. The lowest BCUT2D eigenvalue weighted by molar-refractivity contribution is 0.184. The molecule has 0 spiro atoms. The number of aromatic nitrogens is 7. The third-order valence-corrected chi connectivity index (χ3v) is 7.58. The summed E-state index contributed by atoms with van der Waals surface area (Å²) in [5.41, 5.74) is 10.1. The third-order valence-electron chi connectivity index (χ3n) is 7.58. The van der Waals surface area contributed by atoms with E-state index in [1.807, 2.05) is 25.1 Å². The molecule has 2 N–H and O–H groups in total. The van der Waals surface area contributed by atoms with E-state index < -0.39 is 0 Å². The fourth-order valence-electron chi connectivity index (χ4n) is 5.78. The number of aromatic amines is 1. The molecule has 3 heterocycles. The number of H-pyrrole nitrogens is 1. The van der Waals surface area contributed by atoms with Crippen molar-refractivity contribution in [3.8, 4) is 22.5 Å². The standard InChI is InChI=1S/C30H33N7O/c1-4-7-27-32-28-18(2)16-22(13-10-19(3)38)31-30(28)37(27)26-15-12-21-17-20(11-14-24(21)26)23-8-5-6-9-25(23)29-33-35-36-34-29/h5-6,8-9,11,14,16-17,19,26,38H,4,7,10,12-13,15H2,1-3H3,(H,33,34,35,36). The van der Waals surface area contributed by atoms with Crippen LogP contribution in [0.25, 0.3) is 33.7 Å². The van der Waals surface area contributed by atoms with Crippen LogP contribution < -0.4 is 0 Å². The molecule has 0 saturated heterocycles. The van der Waals surface area contributed by atoms with E-state index in [-0.39, 0.29) is 12.1 Å². The number of aliphatic hydroxyl groups is 1. The van der Waals surface area contributed by atoms with E-state index in [1.54, 1.807) is 0 Å². The summed E-state index contributed by atoms with van der Waals surface area (Å²) in [5.74, 6) is 1.70. The number of benzene rings is 2. The topological polar surface area (TPSA) is 105 Å². The molecule has 2 aromatic carbocycles.